The molecule has 2 rings (SSSR count). The third kappa shape index (κ3) is 5.85. The number of nitrogens with one attached hydrogen (secondary N) is 2. The molecule has 1 saturated carbocycles. The van der Waals surface area contributed by atoms with E-state index in [9.17, 15) is 9.59 Å². The van der Waals surface area contributed by atoms with Crippen molar-refractivity contribution in [1.29, 1.82) is 0 Å². The smallest absolute Gasteiger partial charge is 0.271 e. The first-order valence-electron chi connectivity index (χ1n) is 8.44. The van der Waals surface area contributed by atoms with Gasteiger partial charge in [0.2, 0.25) is 5.91 Å². The predicted octanol–water partition coefficient (Wildman–Crippen LogP) is 3.87. The lowest BCUT2D eigenvalue weighted by atomic mass is 9.99. The number of hydrogen-bond acceptors (Lipinski definition) is 3. The van der Waals surface area contributed by atoms with Crippen LogP contribution in [0.4, 0.5) is 5.69 Å². The molecule has 1 aromatic carbocycles. The van der Waals surface area contributed by atoms with E-state index in [1.165, 1.54) is 19.3 Å². The molecule has 0 saturated heterocycles. The Kier molecular flexibility index (Phi) is 6.78. The average Bonchev–Trinajstić information content (AvgIpc) is 2.54. The van der Waals surface area contributed by atoms with Gasteiger partial charge in [0.05, 0.1) is 0 Å². The molecule has 1 aliphatic carbocycles. The molecular formula is C18H25N3O2. The second kappa shape index (κ2) is 9.08. The van der Waals surface area contributed by atoms with Gasteiger partial charge < -0.3 is 5.32 Å². The molecule has 5 heteroatoms. The first-order valence-corrected chi connectivity index (χ1v) is 8.44. The fraction of sp³-hybridized carbons (Fsp3) is 0.500. The largest absolute Gasteiger partial charge is 0.326 e. The molecule has 124 valence electrons. The fourth-order valence-electron chi connectivity index (χ4n) is 2.57. The normalized spacial score (nSPS) is 15.3. The maximum absolute atomic E-state index is 12.1. The highest BCUT2D eigenvalue weighted by atomic mass is 16.2. The summed E-state index contributed by atoms with van der Waals surface area (Å²) in [7, 11) is 0. The summed E-state index contributed by atoms with van der Waals surface area (Å²) in [6, 6.07) is 6.84. The van der Waals surface area contributed by atoms with Crippen LogP contribution < -0.4 is 10.7 Å². The molecule has 0 aromatic heterocycles. The highest BCUT2D eigenvalue weighted by molar-refractivity contribution is 5.96. The van der Waals surface area contributed by atoms with Crippen molar-refractivity contribution in [3.63, 3.8) is 0 Å². The number of hydrogen-bond donors (Lipinski definition) is 2. The topological polar surface area (TPSA) is 70.6 Å². The van der Waals surface area contributed by atoms with Crippen LogP contribution in [0.5, 0.6) is 0 Å². The molecule has 5 nitrogen and oxygen atoms in total. The Morgan fingerprint density at radius 2 is 1.61 bits per heavy atom. The van der Waals surface area contributed by atoms with Gasteiger partial charge in [0.15, 0.2) is 0 Å². The van der Waals surface area contributed by atoms with Crippen LogP contribution in [-0.2, 0) is 4.79 Å². The standard InChI is InChI=1S/C18H25N3O2/c1-2-17(22)19-15-12-10-14(11-13-15)18(23)21-20-16-8-6-4-3-5-7-9-16/h10-13H,2-9H2,1H3,(H,19,22)(H,21,23). The van der Waals surface area contributed by atoms with Crippen molar-refractivity contribution in [3.05, 3.63) is 29.8 Å². The lowest BCUT2D eigenvalue weighted by molar-refractivity contribution is -0.115. The van der Waals surface area contributed by atoms with Crippen LogP contribution in [0.1, 0.15) is 68.6 Å². The number of nitrogens with zero attached hydrogens (tertiary/aromatic N) is 1. The Morgan fingerprint density at radius 1 is 1.00 bits per heavy atom. The molecule has 1 aromatic rings. The van der Waals surface area contributed by atoms with Crippen molar-refractivity contribution in [3.8, 4) is 0 Å². The molecule has 0 bridgehead atoms. The molecule has 0 heterocycles. The third-order valence-corrected chi connectivity index (χ3v) is 4.00. The number of rotatable bonds is 4. The number of amides is 2. The van der Waals surface area contributed by atoms with Crippen molar-refractivity contribution in [2.24, 2.45) is 5.10 Å². The van der Waals surface area contributed by atoms with Gasteiger partial charge in [-0.1, -0.05) is 26.2 Å². The van der Waals surface area contributed by atoms with E-state index < -0.39 is 0 Å². The lowest BCUT2D eigenvalue weighted by Gasteiger charge is -2.11. The van der Waals surface area contributed by atoms with E-state index in [2.05, 4.69) is 15.8 Å². The van der Waals surface area contributed by atoms with Gasteiger partial charge in [-0.25, -0.2) is 5.43 Å². The minimum absolute atomic E-state index is 0.0436. The zero-order valence-corrected chi connectivity index (χ0v) is 13.7. The summed E-state index contributed by atoms with van der Waals surface area (Å²) in [4.78, 5) is 23.4. The van der Waals surface area contributed by atoms with E-state index in [1.807, 2.05) is 0 Å². The summed E-state index contributed by atoms with van der Waals surface area (Å²) in [5.74, 6) is -0.259. The molecule has 2 amide bonds. The molecule has 1 aliphatic rings. The number of anilines is 1. The summed E-state index contributed by atoms with van der Waals surface area (Å²) in [6.45, 7) is 1.80. The Hall–Kier alpha value is -2.17. The van der Waals surface area contributed by atoms with E-state index in [0.717, 1.165) is 31.4 Å². The van der Waals surface area contributed by atoms with E-state index in [4.69, 9.17) is 0 Å². The van der Waals surface area contributed by atoms with Crippen LogP contribution in [0.3, 0.4) is 0 Å². The molecule has 0 atom stereocenters. The van der Waals surface area contributed by atoms with Gasteiger partial charge in [0.25, 0.3) is 5.91 Å². The first-order chi connectivity index (χ1) is 11.2. The maximum atomic E-state index is 12.1. The minimum atomic E-state index is -0.215. The van der Waals surface area contributed by atoms with Gasteiger partial charge >= 0.3 is 0 Å². The van der Waals surface area contributed by atoms with Gasteiger partial charge in [0.1, 0.15) is 0 Å². The molecule has 0 radical (unpaired) electrons. The monoisotopic (exact) mass is 315 g/mol. The van der Waals surface area contributed by atoms with Crippen molar-refractivity contribution in [1.82, 2.24) is 5.43 Å². The van der Waals surface area contributed by atoms with Crippen molar-refractivity contribution in [2.45, 2.75) is 58.3 Å². The van der Waals surface area contributed by atoms with Crippen LogP contribution in [0.2, 0.25) is 0 Å². The number of carbonyl (C=O) groups excluding carboxylic acids is 2. The Labute approximate surface area is 137 Å². The summed E-state index contributed by atoms with van der Waals surface area (Å²) in [6.07, 6.45) is 8.49. The number of carbonyl (C=O) groups is 2. The summed E-state index contributed by atoms with van der Waals surface area (Å²) < 4.78 is 0. The molecule has 0 aliphatic heterocycles. The Bertz CT molecular complexity index is 554. The molecule has 2 N–H and O–H groups in total. The van der Waals surface area contributed by atoms with E-state index in [-0.39, 0.29) is 11.8 Å². The highest BCUT2D eigenvalue weighted by Gasteiger charge is 2.08. The van der Waals surface area contributed by atoms with Crippen LogP contribution in [-0.4, -0.2) is 17.5 Å². The summed E-state index contributed by atoms with van der Waals surface area (Å²) in [5.41, 5.74) is 4.97. The van der Waals surface area contributed by atoms with E-state index in [1.54, 1.807) is 31.2 Å². The van der Waals surface area contributed by atoms with Crippen molar-refractivity contribution in [2.75, 3.05) is 5.32 Å². The number of benzene rings is 1. The summed E-state index contributed by atoms with van der Waals surface area (Å²) >= 11 is 0. The molecule has 0 unspecified atom stereocenters. The van der Waals surface area contributed by atoms with Crippen LogP contribution in [0, 0.1) is 0 Å². The average molecular weight is 315 g/mol. The van der Waals surface area contributed by atoms with Crippen molar-refractivity contribution < 1.29 is 9.59 Å². The maximum Gasteiger partial charge on any atom is 0.271 e. The Balaban J connectivity index is 1.90. The third-order valence-electron chi connectivity index (χ3n) is 4.00. The molecule has 1 fully saturated rings. The van der Waals surface area contributed by atoms with E-state index >= 15 is 0 Å². The summed E-state index contributed by atoms with van der Waals surface area (Å²) in [5, 5.41) is 7.05. The van der Waals surface area contributed by atoms with Gasteiger partial charge in [-0.2, -0.15) is 5.10 Å². The Morgan fingerprint density at radius 3 is 2.22 bits per heavy atom. The molecule has 23 heavy (non-hydrogen) atoms. The van der Waals surface area contributed by atoms with Crippen molar-refractivity contribution >= 4 is 23.2 Å². The van der Waals surface area contributed by atoms with Crippen LogP contribution >= 0.6 is 0 Å². The second-order valence-corrected chi connectivity index (χ2v) is 5.87. The lowest BCUT2D eigenvalue weighted by Crippen LogP contribution is -2.20. The van der Waals surface area contributed by atoms with Gasteiger partial charge in [-0.15, -0.1) is 0 Å². The number of hydrazone groups is 1. The molecular weight excluding hydrogens is 290 g/mol. The zero-order valence-electron chi connectivity index (χ0n) is 13.7. The van der Waals surface area contributed by atoms with Gasteiger partial charge in [-0.3, -0.25) is 9.59 Å². The van der Waals surface area contributed by atoms with Crippen LogP contribution in [0.15, 0.2) is 29.4 Å². The quantitative estimate of drug-likeness (QED) is 0.828. The van der Waals surface area contributed by atoms with Gasteiger partial charge in [0, 0.05) is 23.4 Å². The first kappa shape index (κ1) is 17.2. The predicted molar refractivity (Wildman–Crippen MR) is 92.6 cm³/mol. The SMILES string of the molecule is CCC(=O)Nc1ccc(C(=O)NN=C2CCCCCCC2)cc1. The van der Waals surface area contributed by atoms with Crippen LogP contribution in [0.25, 0.3) is 0 Å². The minimum Gasteiger partial charge on any atom is -0.326 e. The van der Waals surface area contributed by atoms with Gasteiger partial charge in [-0.05, 0) is 49.9 Å². The van der Waals surface area contributed by atoms with E-state index in [0.29, 0.717) is 17.7 Å². The second-order valence-electron chi connectivity index (χ2n) is 5.87. The molecule has 0 spiro atoms. The fourth-order valence-corrected chi connectivity index (χ4v) is 2.57. The highest BCUT2D eigenvalue weighted by Crippen LogP contribution is 2.15. The zero-order chi connectivity index (χ0) is 16.5.